The average Bonchev–Trinajstić information content (AvgIpc) is 3.40. The van der Waals surface area contributed by atoms with Crippen molar-refractivity contribution in [3.8, 4) is 0 Å². The van der Waals surface area contributed by atoms with Crippen LogP contribution in [0.5, 0.6) is 0 Å². The van der Waals surface area contributed by atoms with Crippen LogP contribution >= 0.6 is 24.8 Å². The zero-order chi connectivity index (χ0) is 18.5. The zero-order valence-corrected chi connectivity index (χ0v) is 19.3. The van der Waals surface area contributed by atoms with E-state index in [1.165, 1.54) is 49.2 Å². The molecule has 5 heterocycles. The molecule has 3 aliphatic rings. The van der Waals surface area contributed by atoms with Gasteiger partial charge >= 0.3 is 0 Å². The Bertz CT molecular complexity index is 820. The Morgan fingerprint density at radius 2 is 1.79 bits per heavy atom. The Labute approximate surface area is 186 Å². The summed E-state index contributed by atoms with van der Waals surface area (Å²) < 4.78 is 2.14. The summed E-state index contributed by atoms with van der Waals surface area (Å²) >= 11 is 0. The van der Waals surface area contributed by atoms with Crippen LogP contribution in [0.15, 0.2) is 6.33 Å². The van der Waals surface area contributed by atoms with E-state index < -0.39 is 0 Å². The second kappa shape index (κ2) is 8.94. The molecule has 0 aliphatic carbocycles. The molecule has 3 aliphatic heterocycles. The molecule has 0 radical (unpaired) electrons. The van der Waals surface area contributed by atoms with E-state index in [0.717, 1.165) is 36.9 Å². The zero-order valence-electron chi connectivity index (χ0n) is 17.7. The maximum atomic E-state index is 5.02. The van der Waals surface area contributed by atoms with Crippen molar-refractivity contribution in [2.24, 2.45) is 17.8 Å². The number of anilines is 1. The van der Waals surface area contributed by atoms with Crippen LogP contribution in [0.1, 0.15) is 52.1 Å². The Kier molecular flexibility index (Phi) is 6.96. The highest BCUT2D eigenvalue weighted by molar-refractivity contribution is 5.90. The summed E-state index contributed by atoms with van der Waals surface area (Å²) in [6.07, 6.45) is 7.69. The number of rotatable bonds is 6. The number of halogens is 2. The van der Waals surface area contributed by atoms with Crippen LogP contribution in [0, 0.1) is 17.8 Å². The first-order chi connectivity index (χ1) is 13.2. The van der Waals surface area contributed by atoms with Crippen molar-refractivity contribution in [1.29, 1.82) is 0 Å². The molecular formula is C21H34Cl2N6. The number of nitrogens with one attached hydrogen (secondary N) is 1. The van der Waals surface area contributed by atoms with Gasteiger partial charge in [0.1, 0.15) is 12.1 Å². The molecule has 2 bridgehead atoms. The van der Waals surface area contributed by atoms with Crippen molar-refractivity contribution in [3.05, 3.63) is 12.0 Å². The second-order valence-corrected chi connectivity index (χ2v) is 9.12. The highest BCUT2D eigenvalue weighted by Crippen LogP contribution is 2.50. The number of unbranched alkanes of at least 4 members (excludes halogenated alkanes) is 1. The molecule has 0 unspecified atom stereocenters. The van der Waals surface area contributed by atoms with Gasteiger partial charge in [-0.2, -0.15) is 5.10 Å². The molecular weight excluding hydrogens is 407 g/mol. The minimum Gasteiger partial charge on any atom is -0.349 e. The van der Waals surface area contributed by atoms with E-state index in [1.807, 2.05) is 0 Å². The number of nitrogens with zero attached hydrogens (tertiary/aromatic N) is 5. The van der Waals surface area contributed by atoms with Gasteiger partial charge in [0.25, 0.3) is 0 Å². The third-order valence-electron chi connectivity index (χ3n) is 6.92. The lowest BCUT2D eigenvalue weighted by Crippen LogP contribution is -2.35. The number of fused-ring (bicyclic) bond motifs is 6. The fourth-order valence-corrected chi connectivity index (χ4v) is 5.84. The number of hydrogen-bond acceptors (Lipinski definition) is 5. The van der Waals surface area contributed by atoms with E-state index in [1.54, 1.807) is 6.33 Å². The van der Waals surface area contributed by atoms with Crippen LogP contribution in [0.25, 0.3) is 11.0 Å². The molecule has 3 fully saturated rings. The molecule has 5 rings (SSSR count). The van der Waals surface area contributed by atoms with Crippen molar-refractivity contribution < 1.29 is 0 Å². The molecule has 162 valence electrons. The van der Waals surface area contributed by atoms with E-state index >= 15 is 0 Å². The van der Waals surface area contributed by atoms with E-state index in [2.05, 4.69) is 40.7 Å². The van der Waals surface area contributed by atoms with E-state index in [9.17, 15) is 0 Å². The first kappa shape index (κ1) is 22.6. The summed E-state index contributed by atoms with van der Waals surface area (Å²) in [6.45, 7) is 10.1. The summed E-state index contributed by atoms with van der Waals surface area (Å²) in [5.74, 6) is 3.32. The van der Waals surface area contributed by atoms with Gasteiger partial charge in [0.2, 0.25) is 0 Å². The smallest absolute Gasteiger partial charge is 0.163 e. The summed E-state index contributed by atoms with van der Waals surface area (Å²) in [4.78, 5) is 12.2. The summed E-state index contributed by atoms with van der Waals surface area (Å²) in [5, 5.41) is 9.87. The lowest BCUT2D eigenvalue weighted by molar-refractivity contribution is 0.354. The molecule has 2 aromatic rings. The molecule has 1 N–H and O–H groups in total. The van der Waals surface area contributed by atoms with Crippen LogP contribution in [-0.4, -0.2) is 44.9 Å². The fraction of sp³-hybridized carbons (Fsp3) is 0.762. The van der Waals surface area contributed by atoms with Crippen LogP contribution in [-0.2, 0) is 13.0 Å². The van der Waals surface area contributed by atoms with E-state index in [4.69, 9.17) is 10.1 Å². The predicted octanol–water partition coefficient (Wildman–Crippen LogP) is 3.86. The molecule has 2 aromatic heterocycles. The normalized spacial score (nSPS) is 27.4. The van der Waals surface area contributed by atoms with Crippen LogP contribution < -0.4 is 10.2 Å². The van der Waals surface area contributed by atoms with E-state index in [-0.39, 0.29) is 24.8 Å². The van der Waals surface area contributed by atoms with Gasteiger partial charge in [-0.25, -0.2) is 14.6 Å². The van der Waals surface area contributed by atoms with E-state index in [0.29, 0.717) is 18.0 Å². The summed E-state index contributed by atoms with van der Waals surface area (Å²) in [7, 11) is 0. The number of hydrogen-bond donors (Lipinski definition) is 1. The molecule has 6 nitrogen and oxygen atoms in total. The first-order valence-electron chi connectivity index (χ1n) is 10.9. The average molecular weight is 441 g/mol. The highest BCUT2D eigenvalue weighted by atomic mass is 35.5. The largest absolute Gasteiger partial charge is 0.349 e. The fourth-order valence-electron chi connectivity index (χ4n) is 5.84. The third-order valence-corrected chi connectivity index (χ3v) is 6.92. The highest BCUT2D eigenvalue weighted by Gasteiger charge is 2.55. The van der Waals surface area contributed by atoms with Gasteiger partial charge in [-0.05, 0) is 43.4 Å². The summed E-state index contributed by atoms with van der Waals surface area (Å²) in [6, 6.07) is 1.28. The Balaban J connectivity index is 0.00000120. The van der Waals surface area contributed by atoms with Crippen molar-refractivity contribution in [2.45, 2.75) is 71.5 Å². The second-order valence-electron chi connectivity index (χ2n) is 9.12. The molecule has 0 saturated carbocycles. The van der Waals surface area contributed by atoms with Gasteiger partial charge < -0.3 is 10.2 Å². The standard InChI is InChI=1S/C21H32N6.2ClH/c1-4-5-8-26-20-19(16(25-26)9-13(2)3)21(24-12-23-20)27-17-6-7-18(27)15-11-22-10-14(15)17;;/h12-15,17-18,22H,4-11H2,1-3H3;2*1H/t14-,15+,17-,18+;;. The number of aryl methyl sites for hydroxylation is 1. The van der Waals surface area contributed by atoms with Gasteiger partial charge in [-0.15, -0.1) is 24.8 Å². The first-order valence-corrected chi connectivity index (χ1v) is 10.9. The molecule has 0 amide bonds. The Morgan fingerprint density at radius 3 is 2.41 bits per heavy atom. The lowest BCUT2D eigenvalue weighted by atomic mass is 9.82. The topological polar surface area (TPSA) is 58.9 Å². The monoisotopic (exact) mass is 440 g/mol. The lowest BCUT2D eigenvalue weighted by Gasteiger charge is -2.26. The molecule has 4 atom stereocenters. The maximum Gasteiger partial charge on any atom is 0.163 e. The third kappa shape index (κ3) is 3.61. The van der Waals surface area contributed by atoms with Gasteiger partial charge in [0.05, 0.1) is 11.1 Å². The molecule has 3 saturated heterocycles. The van der Waals surface area contributed by atoms with Gasteiger partial charge in [-0.3, -0.25) is 0 Å². The molecule has 29 heavy (non-hydrogen) atoms. The van der Waals surface area contributed by atoms with Crippen LogP contribution in [0.3, 0.4) is 0 Å². The number of aromatic nitrogens is 4. The Hall–Kier alpha value is -1.11. The minimum absolute atomic E-state index is 0. The SMILES string of the molecule is CCCCn1nc(CC(C)C)c2c(N3[C@@H]4CC[C@H]3[C@H]3CNC[C@H]34)ncnc21.Cl.Cl. The molecule has 8 heteroatoms. The quantitative estimate of drug-likeness (QED) is 0.738. The van der Waals surface area contributed by atoms with Crippen LogP contribution in [0.2, 0.25) is 0 Å². The van der Waals surface area contributed by atoms with Crippen molar-refractivity contribution >= 4 is 41.7 Å². The van der Waals surface area contributed by atoms with Gasteiger partial charge in [0.15, 0.2) is 5.65 Å². The maximum absolute atomic E-state index is 5.02. The van der Waals surface area contributed by atoms with Gasteiger partial charge in [-0.1, -0.05) is 27.2 Å². The van der Waals surface area contributed by atoms with Crippen molar-refractivity contribution in [1.82, 2.24) is 25.1 Å². The Morgan fingerprint density at radius 1 is 1.10 bits per heavy atom. The van der Waals surface area contributed by atoms with Crippen molar-refractivity contribution in [3.63, 3.8) is 0 Å². The van der Waals surface area contributed by atoms with Gasteiger partial charge in [0, 0.05) is 31.7 Å². The molecule has 0 aromatic carbocycles. The summed E-state index contributed by atoms with van der Waals surface area (Å²) in [5.41, 5.74) is 2.24. The molecule has 0 spiro atoms. The van der Waals surface area contributed by atoms with Crippen LogP contribution in [0.4, 0.5) is 5.82 Å². The van der Waals surface area contributed by atoms with Crippen molar-refractivity contribution in [2.75, 3.05) is 18.0 Å². The minimum atomic E-state index is 0. The predicted molar refractivity (Wildman–Crippen MR) is 122 cm³/mol.